The first-order chi connectivity index (χ1) is 16.1. The number of hydrogen-bond acceptors (Lipinski definition) is 3. The molecule has 4 heteroatoms. The topological polar surface area (TPSA) is 77.8 Å². The van der Waals surface area contributed by atoms with Crippen molar-refractivity contribution in [3.63, 3.8) is 0 Å². The highest BCUT2D eigenvalue weighted by Crippen LogP contribution is 2.71. The summed E-state index contributed by atoms with van der Waals surface area (Å²) in [5.41, 5.74) is 2.72. The van der Waals surface area contributed by atoms with Gasteiger partial charge < -0.3 is 15.3 Å². The maximum Gasteiger partial charge on any atom is 0.306 e. The lowest BCUT2D eigenvalue weighted by Crippen LogP contribution is -2.55. The number of carboxylic acids is 1. The number of hydrogen-bond donors (Lipinski definition) is 3. The number of allylic oxidation sites excluding steroid dienone is 4. The fourth-order valence-electron chi connectivity index (χ4n) is 8.81. The van der Waals surface area contributed by atoms with E-state index in [-0.39, 0.29) is 28.3 Å². The van der Waals surface area contributed by atoms with Crippen LogP contribution in [0.25, 0.3) is 0 Å². The van der Waals surface area contributed by atoms with E-state index < -0.39 is 23.4 Å². The van der Waals surface area contributed by atoms with E-state index in [4.69, 9.17) is 0 Å². The Bertz CT molecular complexity index is 957. The Kier molecular flexibility index (Phi) is 6.54. The zero-order chi connectivity index (χ0) is 26.1. The van der Waals surface area contributed by atoms with Gasteiger partial charge in [-0.1, -0.05) is 72.8 Å². The third kappa shape index (κ3) is 3.64. The SMILES string of the molecule is C=C(CC[C@@H](C(=O)O)C1C[C@H](O)[C@@]2(C)C3=CCC4C(C)(C)[C@@H](O)CC[C@]4(C)C3=CC[C@]12C)C(C)C. The lowest BCUT2D eigenvalue weighted by molar-refractivity contribution is -0.146. The Balaban J connectivity index is 1.73. The smallest absolute Gasteiger partial charge is 0.306 e. The molecular weight excluding hydrogens is 436 g/mol. The highest BCUT2D eigenvalue weighted by Gasteiger charge is 2.67. The number of fused-ring (bicyclic) bond motifs is 5. The minimum atomic E-state index is -0.744. The van der Waals surface area contributed by atoms with E-state index in [2.05, 4.69) is 67.2 Å². The van der Waals surface area contributed by atoms with Crippen molar-refractivity contribution in [2.24, 2.45) is 45.3 Å². The van der Waals surface area contributed by atoms with Gasteiger partial charge in [-0.15, -0.1) is 0 Å². The van der Waals surface area contributed by atoms with Crippen molar-refractivity contribution in [1.82, 2.24) is 0 Å². The predicted octanol–water partition coefficient (Wildman–Crippen LogP) is 6.54. The zero-order valence-electron chi connectivity index (χ0n) is 23.0. The molecular formula is C31H48O4. The molecule has 2 saturated carbocycles. The summed E-state index contributed by atoms with van der Waals surface area (Å²) in [6, 6.07) is 0. The van der Waals surface area contributed by atoms with E-state index in [0.29, 0.717) is 24.7 Å². The molecule has 0 aromatic heterocycles. The van der Waals surface area contributed by atoms with Crippen LogP contribution in [0.3, 0.4) is 0 Å². The fourth-order valence-corrected chi connectivity index (χ4v) is 8.81. The molecule has 0 saturated heterocycles. The fraction of sp³-hybridized carbons (Fsp3) is 0.774. The molecule has 4 aliphatic carbocycles. The second kappa shape index (κ2) is 8.58. The molecule has 0 radical (unpaired) electrons. The predicted molar refractivity (Wildman–Crippen MR) is 141 cm³/mol. The molecule has 0 aliphatic heterocycles. The first-order valence-electron chi connectivity index (χ1n) is 13.8. The summed E-state index contributed by atoms with van der Waals surface area (Å²) < 4.78 is 0. The van der Waals surface area contributed by atoms with Crippen molar-refractivity contribution in [1.29, 1.82) is 0 Å². The van der Waals surface area contributed by atoms with Crippen LogP contribution in [0.5, 0.6) is 0 Å². The lowest BCUT2D eigenvalue weighted by atomic mass is 9.44. The van der Waals surface area contributed by atoms with Gasteiger partial charge in [0.1, 0.15) is 0 Å². The Morgan fingerprint density at radius 3 is 2.34 bits per heavy atom. The maximum atomic E-state index is 12.6. The molecule has 8 atom stereocenters. The van der Waals surface area contributed by atoms with Gasteiger partial charge in [-0.25, -0.2) is 0 Å². The van der Waals surface area contributed by atoms with Crippen LogP contribution in [0, 0.1) is 45.3 Å². The summed E-state index contributed by atoms with van der Waals surface area (Å²) in [6.45, 7) is 19.6. The molecule has 0 aromatic rings. The molecule has 0 heterocycles. The molecule has 2 unspecified atom stereocenters. The molecule has 0 amide bonds. The van der Waals surface area contributed by atoms with Crippen LogP contribution in [-0.4, -0.2) is 33.5 Å². The van der Waals surface area contributed by atoms with E-state index in [1.54, 1.807) is 0 Å². The van der Waals surface area contributed by atoms with Crippen LogP contribution in [0.15, 0.2) is 35.5 Å². The van der Waals surface area contributed by atoms with Crippen LogP contribution >= 0.6 is 0 Å². The quantitative estimate of drug-likeness (QED) is 0.374. The van der Waals surface area contributed by atoms with Gasteiger partial charge in [0.25, 0.3) is 0 Å². The minimum absolute atomic E-state index is 0.0316. The molecule has 35 heavy (non-hydrogen) atoms. The summed E-state index contributed by atoms with van der Waals surface area (Å²) in [5, 5.41) is 32.8. The van der Waals surface area contributed by atoms with E-state index in [0.717, 1.165) is 37.7 Å². The maximum absolute atomic E-state index is 12.6. The molecule has 196 valence electrons. The molecule has 4 nitrogen and oxygen atoms in total. The Labute approximate surface area is 212 Å². The van der Waals surface area contributed by atoms with Crippen molar-refractivity contribution in [3.05, 3.63) is 35.5 Å². The van der Waals surface area contributed by atoms with Crippen molar-refractivity contribution in [2.75, 3.05) is 0 Å². The number of aliphatic hydroxyl groups excluding tert-OH is 2. The van der Waals surface area contributed by atoms with Crippen LogP contribution in [0.1, 0.15) is 93.4 Å². The highest BCUT2D eigenvalue weighted by atomic mass is 16.4. The molecule has 0 bridgehead atoms. The first-order valence-corrected chi connectivity index (χ1v) is 13.8. The number of aliphatic hydroxyl groups is 2. The number of aliphatic carboxylic acids is 1. The second-order valence-electron chi connectivity index (χ2n) is 13.8. The largest absolute Gasteiger partial charge is 0.481 e. The van der Waals surface area contributed by atoms with Gasteiger partial charge in [-0.3, -0.25) is 4.79 Å². The third-order valence-electron chi connectivity index (χ3n) is 11.8. The van der Waals surface area contributed by atoms with Gasteiger partial charge >= 0.3 is 5.97 Å². The number of rotatable bonds is 6. The first kappa shape index (κ1) is 26.7. The standard InChI is InChI=1S/C31H48O4/c1-18(2)19(3)9-10-20(27(34)35)23-17-26(33)31(8)22-11-12-24-28(4,5)25(32)14-15-29(24,6)21(22)13-16-30(23,31)7/h11,13,18,20,23-26,32-33H,3,9-10,12,14-17H2,1-2,4-8H3,(H,34,35)/t20-,23?,24?,25+,26+,29-,30-,31-/m1/s1. The van der Waals surface area contributed by atoms with Crippen LogP contribution in [0.2, 0.25) is 0 Å². The van der Waals surface area contributed by atoms with E-state index in [1.807, 2.05) is 0 Å². The van der Waals surface area contributed by atoms with Crippen LogP contribution in [-0.2, 0) is 4.79 Å². The van der Waals surface area contributed by atoms with Crippen LogP contribution < -0.4 is 0 Å². The minimum Gasteiger partial charge on any atom is -0.481 e. The Hall–Kier alpha value is -1.39. The molecule has 0 spiro atoms. The average Bonchev–Trinajstić information content (AvgIpc) is 2.98. The summed E-state index contributed by atoms with van der Waals surface area (Å²) in [5.74, 6) is -0.623. The Morgan fingerprint density at radius 2 is 1.74 bits per heavy atom. The average molecular weight is 485 g/mol. The molecule has 2 fully saturated rings. The normalized spacial score (nSPS) is 42.9. The van der Waals surface area contributed by atoms with Gasteiger partial charge in [0.05, 0.1) is 18.1 Å². The van der Waals surface area contributed by atoms with E-state index >= 15 is 0 Å². The molecule has 4 rings (SSSR count). The Morgan fingerprint density at radius 1 is 1.09 bits per heavy atom. The van der Waals surface area contributed by atoms with Crippen molar-refractivity contribution in [2.45, 2.75) is 106 Å². The second-order valence-corrected chi connectivity index (χ2v) is 13.8. The van der Waals surface area contributed by atoms with E-state index in [1.165, 1.54) is 11.1 Å². The summed E-state index contributed by atoms with van der Waals surface area (Å²) in [6.07, 6.45) is 9.14. The van der Waals surface area contributed by atoms with E-state index in [9.17, 15) is 20.1 Å². The van der Waals surface area contributed by atoms with Crippen molar-refractivity contribution < 1.29 is 20.1 Å². The van der Waals surface area contributed by atoms with Gasteiger partial charge in [0.15, 0.2) is 0 Å². The van der Waals surface area contributed by atoms with Crippen molar-refractivity contribution >= 4 is 5.97 Å². The van der Waals surface area contributed by atoms with Gasteiger partial charge in [0, 0.05) is 5.41 Å². The van der Waals surface area contributed by atoms with Gasteiger partial charge in [0.2, 0.25) is 0 Å². The summed E-state index contributed by atoms with van der Waals surface area (Å²) >= 11 is 0. The lowest BCUT2D eigenvalue weighted by Gasteiger charge is -2.61. The summed E-state index contributed by atoms with van der Waals surface area (Å²) in [7, 11) is 0. The van der Waals surface area contributed by atoms with Crippen LogP contribution in [0.4, 0.5) is 0 Å². The third-order valence-corrected chi connectivity index (χ3v) is 11.8. The van der Waals surface area contributed by atoms with Gasteiger partial charge in [-0.05, 0) is 90.1 Å². The highest BCUT2D eigenvalue weighted by molar-refractivity contribution is 5.71. The number of carboxylic acid groups (broad SMARTS) is 1. The zero-order valence-corrected chi connectivity index (χ0v) is 23.0. The molecule has 4 aliphatic rings. The monoisotopic (exact) mass is 484 g/mol. The van der Waals surface area contributed by atoms with Crippen molar-refractivity contribution in [3.8, 4) is 0 Å². The molecule has 0 aromatic carbocycles. The number of carbonyl (C=O) groups is 1. The molecule has 3 N–H and O–H groups in total. The van der Waals surface area contributed by atoms with Gasteiger partial charge in [-0.2, -0.15) is 0 Å². The summed E-state index contributed by atoms with van der Waals surface area (Å²) in [4.78, 5) is 12.6.